The minimum absolute atomic E-state index is 0.235. The summed E-state index contributed by atoms with van der Waals surface area (Å²) in [6.45, 7) is 4.24. The number of ether oxygens (including phenoxy) is 1. The summed E-state index contributed by atoms with van der Waals surface area (Å²) in [6.07, 6.45) is 9.29. The molecule has 0 aromatic heterocycles. The number of carbonyl (C=O) groups excluding carboxylic acids is 1. The predicted octanol–water partition coefficient (Wildman–Crippen LogP) is 1.31. The molecule has 4 heteroatoms. The van der Waals surface area contributed by atoms with Crippen molar-refractivity contribution in [3.63, 3.8) is 0 Å². The highest BCUT2D eigenvalue weighted by Gasteiger charge is 2.48. The summed E-state index contributed by atoms with van der Waals surface area (Å²) in [5.74, 6) is -0.322. The summed E-state index contributed by atoms with van der Waals surface area (Å²) in [7, 11) is 0. The van der Waals surface area contributed by atoms with Gasteiger partial charge < -0.3 is 15.4 Å². The molecule has 4 nitrogen and oxygen atoms in total. The Hall–Kier alpha value is -1.55. The first-order chi connectivity index (χ1) is 8.51. The van der Waals surface area contributed by atoms with E-state index in [0.29, 0.717) is 12.8 Å². The number of hydrogen-bond acceptors (Lipinski definition) is 3. The number of nitrogens with two attached hydrogens (primary N) is 1. The third-order valence-electron chi connectivity index (χ3n) is 4.13. The normalized spacial score (nSPS) is 29.8. The van der Waals surface area contributed by atoms with E-state index in [1.807, 2.05) is 13.8 Å². The Morgan fingerprint density at radius 3 is 3.06 bits per heavy atom. The van der Waals surface area contributed by atoms with Crippen molar-refractivity contribution < 1.29 is 9.53 Å². The summed E-state index contributed by atoms with van der Waals surface area (Å²) < 4.78 is 5.80. The van der Waals surface area contributed by atoms with Gasteiger partial charge in [0.1, 0.15) is 12.8 Å². The summed E-state index contributed by atoms with van der Waals surface area (Å²) in [6, 6.07) is 0.374. The van der Waals surface area contributed by atoms with Crippen molar-refractivity contribution in [3.8, 4) is 0 Å². The second kappa shape index (κ2) is 3.72. The molecule has 3 rings (SSSR count). The van der Waals surface area contributed by atoms with Crippen LogP contribution in [0.25, 0.3) is 0 Å². The van der Waals surface area contributed by atoms with Gasteiger partial charge in [0.25, 0.3) is 0 Å². The molecule has 2 heterocycles. The van der Waals surface area contributed by atoms with E-state index in [2.05, 4.69) is 29.2 Å². The maximum atomic E-state index is 11.6. The number of hydrogen-bond donors (Lipinski definition) is 1. The Morgan fingerprint density at radius 2 is 2.33 bits per heavy atom. The molecule has 96 valence electrons. The minimum atomic E-state index is -0.679. The van der Waals surface area contributed by atoms with Crippen molar-refractivity contribution in [1.29, 1.82) is 0 Å². The van der Waals surface area contributed by atoms with E-state index in [0.717, 1.165) is 12.1 Å². The molecule has 1 amide bonds. The van der Waals surface area contributed by atoms with Crippen LogP contribution in [0.3, 0.4) is 0 Å². The fourth-order valence-electron chi connectivity index (χ4n) is 2.86. The van der Waals surface area contributed by atoms with Crippen molar-refractivity contribution in [2.75, 3.05) is 6.73 Å². The fourth-order valence-corrected chi connectivity index (χ4v) is 2.86. The van der Waals surface area contributed by atoms with E-state index >= 15 is 0 Å². The Morgan fingerprint density at radius 1 is 1.56 bits per heavy atom. The molecule has 0 saturated carbocycles. The number of primary amides is 1. The van der Waals surface area contributed by atoms with E-state index < -0.39 is 5.41 Å². The smallest absolute Gasteiger partial charge is 0.226 e. The maximum Gasteiger partial charge on any atom is 0.226 e. The third-order valence-corrected chi connectivity index (χ3v) is 4.13. The Bertz CT molecular complexity index is 488. The zero-order valence-electron chi connectivity index (χ0n) is 10.7. The van der Waals surface area contributed by atoms with Crippen molar-refractivity contribution in [2.24, 2.45) is 11.1 Å². The van der Waals surface area contributed by atoms with Gasteiger partial charge in [-0.3, -0.25) is 4.79 Å². The lowest BCUT2D eigenvalue weighted by molar-refractivity contribution is -0.131. The van der Waals surface area contributed by atoms with Crippen LogP contribution >= 0.6 is 0 Å². The van der Waals surface area contributed by atoms with Crippen LogP contribution < -0.4 is 5.73 Å². The van der Waals surface area contributed by atoms with E-state index in [1.165, 1.54) is 5.57 Å². The van der Waals surface area contributed by atoms with E-state index in [1.54, 1.807) is 0 Å². The Labute approximate surface area is 107 Å². The van der Waals surface area contributed by atoms with Gasteiger partial charge in [-0.2, -0.15) is 0 Å². The second-order valence-corrected chi connectivity index (χ2v) is 5.65. The molecule has 0 bridgehead atoms. The largest absolute Gasteiger partial charge is 0.369 e. The summed E-state index contributed by atoms with van der Waals surface area (Å²) in [4.78, 5) is 13.8. The summed E-state index contributed by atoms with van der Waals surface area (Å²) >= 11 is 0. The molecular weight excluding hydrogens is 228 g/mol. The molecule has 0 radical (unpaired) electrons. The average Bonchev–Trinajstić information content (AvgIpc) is 2.86. The van der Waals surface area contributed by atoms with Crippen LogP contribution in [0.1, 0.15) is 20.3 Å². The van der Waals surface area contributed by atoms with Crippen LogP contribution in [0, 0.1) is 5.41 Å². The maximum absolute atomic E-state index is 11.6. The van der Waals surface area contributed by atoms with Crippen LogP contribution in [0.5, 0.6) is 0 Å². The molecule has 18 heavy (non-hydrogen) atoms. The quantitative estimate of drug-likeness (QED) is 0.799. The first-order valence-corrected chi connectivity index (χ1v) is 6.28. The lowest BCUT2D eigenvalue weighted by Gasteiger charge is -2.28. The van der Waals surface area contributed by atoms with Gasteiger partial charge in [0.2, 0.25) is 5.91 Å². The lowest BCUT2D eigenvalue weighted by atomic mass is 9.84. The number of rotatable bonds is 2. The van der Waals surface area contributed by atoms with Crippen LogP contribution in [0.2, 0.25) is 0 Å². The molecular formula is C14H18N2O2. The molecule has 2 unspecified atom stereocenters. The molecule has 0 aromatic rings. The van der Waals surface area contributed by atoms with E-state index in [4.69, 9.17) is 10.5 Å². The van der Waals surface area contributed by atoms with Crippen LogP contribution in [0.15, 0.2) is 35.6 Å². The van der Waals surface area contributed by atoms with Crippen LogP contribution in [-0.2, 0) is 9.53 Å². The highest BCUT2D eigenvalue weighted by atomic mass is 16.5. The lowest BCUT2D eigenvalue weighted by Crippen LogP contribution is -2.42. The number of nitrogens with zero attached hydrogens (tertiary/aromatic N) is 1. The summed E-state index contributed by atoms with van der Waals surface area (Å²) in [5, 5.41) is 0. The number of carbonyl (C=O) groups is 1. The van der Waals surface area contributed by atoms with Crippen molar-refractivity contribution >= 4 is 5.91 Å². The standard InChI is InChI=1S/C14H18N2O2/c1-14(2,13(15)17)12-11-7-9-5-3-4-6-10(9)16(11)8-18-12/h3-5,7,10,12H,6,8H2,1-2H3,(H2,15,17). The van der Waals surface area contributed by atoms with Gasteiger partial charge >= 0.3 is 0 Å². The molecule has 3 aliphatic rings. The zero-order chi connectivity index (χ0) is 12.9. The number of fused-ring (bicyclic) bond motifs is 3. The zero-order valence-corrected chi connectivity index (χ0v) is 10.7. The van der Waals surface area contributed by atoms with E-state index in [-0.39, 0.29) is 12.0 Å². The molecule has 1 saturated heterocycles. The molecule has 0 aromatic carbocycles. The Balaban J connectivity index is 1.95. The molecule has 2 atom stereocenters. The molecule has 2 N–H and O–H groups in total. The van der Waals surface area contributed by atoms with Crippen LogP contribution in [-0.4, -0.2) is 29.7 Å². The third kappa shape index (κ3) is 1.45. The van der Waals surface area contributed by atoms with Gasteiger partial charge in [0, 0.05) is 5.70 Å². The Kier molecular flexibility index (Phi) is 2.38. The van der Waals surface area contributed by atoms with Crippen molar-refractivity contribution in [2.45, 2.75) is 32.4 Å². The van der Waals surface area contributed by atoms with Gasteiger partial charge in [0.15, 0.2) is 0 Å². The first-order valence-electron chi connectivity index (χ1n) is 6.28. The molecule has 2 aliphatic heterocycles. The average molecular weight is 246 g/mol. The second-order valence-electron chi connectivity index (χ2n) is 5.65. The van der Waals surface area contributed by atoms with Crippen molar-refractivity contribution in [1.82, 2.24) is 4.90 Å². The van der Waals surface area contributed by atoms with Gasteiger partial charge in [0.05, 0.1) is 11.5 Å². The predicted molar refractivity (Wildman–Crippen MR) is 68.3 cm³/mol. The van der Waals surface area contributed by atoms with E-state index in [9.17, 15) is 4.79 Å². The highest BCUT2D eigenvalue weighted by molar-refractivity contribution is 5.81. The molecule has 1 aliphatic carbocycles. The van der Waals surface area contributed by atoms with Gasteiger partial charge in [-0.05, 0) is 31.9 Å². The minimum Gasteiger partial charge on any atom is -0.369 e. The van der Waals surface area contributed by atoms with Crippen molar-refractivity contribution in [3.05, 3.63) is 35.6 Å². The molecule has 0 spiro atoms. The fraction of sp³-hybridized carbons (Fsp3) is 0.500. The van der Waals surface area contributed by atoms with Crippen LogP contribution in [0.4, 0.5) is 0 Å². The topological polar surface area (TPSA) is 55.6 Å². The SMILES string of the molecule is CC(C)(C(N)=O)C1OCN2C1=CC1=CC=CCC12. The monoisotopic (exact) mass is 246 g/mol. The summed E-state index contributed by atoms with van der Waals surface area (Å²) in [5.41, 5.74) is 7.21. The highest BCUT2D eigenvalue weighted by Crippen LogP contribution is 2.43. The number of amides is 1. The van der Waals surface area contributed by atoms with Gasteiger partial charge in [-0.25, -0.2) is 0 Å². The van der Waals surface area contributed by atoms with Gasteiger partial charge in [-0.15, -0.1) is 0 Å². The first kappa shape index (κ1) is 11.5. The molecule has 1 fully saturated rings. The number of allylic oxidation sites excluding steroid dienone is 2. The van der Waals surface area contributed by atoms with Gasteiger partial charge in [-0.1, -0.05) is 18.2 Å².